The van der Waals surface area contributed by atoms with E-state index in [4.69, 9.17) is 0 Å². The van der Waals surface area contributed by atoms with Crippen LogP contribution in [0.4, 0.5) is 11.8 Å². The molecule has 11 nitrogen and oxygen atoms in total. The summed E-state index contributed by atoms with van der Waals surface area (Å²) in [6, 6.07) is 8.93. The van der Waals surface area contributed by atoms with Gasteiger partial charge in [0.1, 0.15) is 23.9 Å². The van der Waals surface area contributed by atoms with Crippen molar-refractivity contribution in [2.75, 3.05) is 30.3 Å². The van der Waals surface area contributed by atoms with Gasteiger partial charge < -0.3 is 31.7 Å². The standard InChI is InChI=1S/C25H35N7O4/c1-15(2)21-24(36)28-16(3)22(34)26-10-9-18-14-20(31-25(29-18)27-11-12-33)30-19(23(35)32-21)13-17-7-5-4-6-8-17/h4-8,14-16,19,21,33H,9-13H2,1-3H3,(H,26,34)(H,28,36)(H,32,35)(H2,27,29,30,31)/t16-,19-,21+/m0/s1. The van der Waals surface area contributed by atoms with Gasteiger partial charge in [-0.2, -0.15) is 4.98 Å². The number of nitrogens with one attached hydrogen (secondary N) is 5. The molecule has 0 saturated heterocycles. The Balaban J connectivity index is 1.98. The largest absolute Gasteiger partial charge is 0.395 e. The molecule has 194 valence electrons. The molecule has 6 N–H and O–H groups in total. The second-order valence-electron chi connectivity index (χ2n) is 9.11. The Morgan fingerprint density at radius 2 is 1.78 bits per heavy atom. The van der Waals surface area contributed by atoms with Crippen molar-refractivity contribution in [1.82, 2.24) is 25.9 Å². The van der Waals surface area contributed by atoms with E-state index in [0.29, 0.717) is 36.8 Å². The van der Waals surface area contributed by atoms with E-state index < -0.39 is 24.0 Å². The van der Waals surface area contributed by atoms with Crippen LogP contribution >= 0.6 is 0 Å². The molecule has 2 heterocycles. The van der Waals surface area contributed by atoms with E-state index in [1.54, 1.807) is 13.0 Å². The van der Waals surface area contributed by atoms with Gasteiger partial charge in [-0.3, -0.25) is 14.4 Å². The van der Waals surface area contributed by atoms with E-state index in [-0.39, 0.29) is 30.9 Å². The van der Waals surface area contributed by atoms with Crippen molar-refractivity contribution < 1.29 is 19.5 Å². The molecule has 2 bridgehead atoms. The van der Waals surface area contributed by atoms with Gasteiger partial charge in [-0.15, -0.1) is 0 Å². The number of aliphatic hydroxyl groups excluding tert-OH is 1. The van der Waals surface area contributed by atoms with Crippen molar-refractivity contribution in [3.8, 4) is 0 Å². The van der Waals surface area contributed by atoms with Crippen LogP contribution in [0.25, 0.3) is 0 Å². The fourth-order valence-electron chi connectivity index (χ4n) is 3.81. The second-order valence-corrected chi connectivity index (χ2v) is 9.11. The first-order chi connectivity index (χ1) is 17.3. The average Bonchev–Trinajstić information content (AvgIpc) is 2.85. The highest BCUT2D eigenvalue weighted by Gasteiger charge is 2.30. The van der Waals surface area contributed by atoms with E-state index >= 15 is 0 Å². The quantitative estimate of drug-likeness (QED) is 0.331. The number of anilines is 2. The highest BCUT2D eigenvalue weighted by molar-refractivity contribution is 5.93. The molecule has 0 aliphatic carbocycles. The number of hydrogen-bond acceptors (Lipinski definition) is 8. The number of nitrogens with zero attached hydrogens (tertiary/aromatic N) is 2. The Bertz CT molecular complexity index is 1050. The number of fused-ring (bicyclic) bond motifs is 2. The van der Waals surface area contributed by atoms with Crippen LogP contribution in [0.2, 0.25) is 0 Å². The van der Waals surface area contributed by atoms with E-state index in [2.05, 4.69) is 36.6 Å². The zero-order valence-electron chi connectivity index (χ0n) is 20.9. The van der Waals surface area contributed by atoms with Crippen LogP contribution in [0.5, 0.6) is 0 Å². The minimum atomic E-state index is -0.833. The van der Waals surface area contributed by atoms with Crippen LogP contribution in [0.1, 0.15) is 32.0 Å². The maximum absolute atomic E-state index is 13.5. The first kappa shape index (κ1) is 26.9. The molecule has 2 aromatic rings. The molecule has 0 saturated carbocycles. The molecule has 3 atom stereocenters. The Kier molecular flexibility index (Phi) is 9.57. The number of aromatic nitrogens is 2. The Morgan fingerprint density at radius 3 is 2.47 bits per heavy atom. The molecule has 1 aromatic heterocycles. The summed E-state index contributed by atoms with van der Waals surface area (Å²) in [6.07, 6.45) is 0.760. The van der Waals surface area contributed by atoms with Gasteiger partial charge in [0.2, 0.25) is 23.7 Å². The van der Waals surface area contributed by atoms with Gasteiger partial charge >= 0.3 is 0 Å². The predicted octanol–water partition coefficient (Wildman–Crippen LogP) is 0.222. The Hall–Kier alpha value is -3.73. The smallest absolute Gasteiger partial charge is 0.243 e. The first-order valence-corrected chi connectivity index (χ1v) is 12.2. The maximum Gasteiger partial charge on any atom is 0.243 e. The molecule has 11 heteroatoms. The van der Waals surface area contributed by atoms with Crippen molar-refractivity contribution in [2.24, 2.45) is 5.92 Å². The first-order valence-electron chi connectivity index (χ1n) is 12.2. The van der Waals surface area contributed by atoms with Gasteiger partial charge in [-0.1, -0.05) is 44.2 Å². The molecule has 3 amide bonds. The lowest BCUT2D eigenvalue weighted by molar-refractivity contribution is -0.132. The summed E-state index contributed by atoms with van der Waals surface area (Å²) in [5, 5.41) is 23.7. The molecule has 0 unspecified atom stereocenters. The lowest BCUT2D eigenvalue weighted by atomic mass is 10.0. The van der Waals surface area contributed by atoms with Crippen LogP contribution in [0, 0.1) is 5.92 Å². The van der Waals surface area contributed by atoms with E-state index in [1.807, 2.05) is 44.2 Å². The normalized spacial score (nSPS) is 21.4. The molecular weight excluding hydrogens is 462 g/mol. The fraction of sp³-hybridized carbons (Fsp3) is 0.480. The molecule has 36 heavy (non-hydrogen) atoms. The third-order valence-electron chi connectivity index (χ3n) is 5.77. The Morgan fingerprint density at radius 1 is 1.03 bits per heavy atom. The zero-order valence-corrected chi connectivity index (χ0v) is 20.9. The van der Waals surface area contributed by atoms with Crippen molar-refractivity contribution in [1.29, 1.82) is 0 Å². The third-order valence-corrected chi connectivity index (χ3v) is 5.77. The number of benzene rings is 1. The minimum absolute atomic E-state index is 0.0963. The lowest BCUT2D eigenvalue weighted by Gasteiger charge is -2.26. The maximum atomic E-state index is 13.5. The molecular formula is C25H35N7O4. The number of amides is 3. The number of hydrogen-bond donors (Lipinski definition) is 6. The molecule has 1 aliphatic rings. The van der Waals surface area contributed by atoms with Gasteiger partial charge in [-0.25, -0.2) is 4.98 Å². The van der Waals surface area contributed by atoms with Crippen molar-refractivity contribution in [2.45, 2.75) is 51.7 Å². The highest BCUT2D eigenvalue weighted by Crippen LogP contribution is 2.15. The molecule has 3 rings (SSSR count). The summed E-state index contributed by atoms with van der Waals surface area (Å²) in [5.41, 5.74) is 1.57. The van der Waals surface area contributed by atoms with E-state index in [9.17, 15) is 19.5 Å². The monoisotopic (exact) mass is 497 g/mol. The number of carbonyl (C=O) groups is 3. The van der Waals surface area contributed by atoms with Gasteiger partial charge in [0.05, 0.1) is 6.61 Å². The van der Waals surface area contributed by atoms with Gasteiger partial charge in [-0.05, 0) is 18.4 Å². The average molecular weight is 498 g/mol. The molecule has 1 aliphatic heterocycles. The van der Waals surface area contributed by atoms with E-state index in [1.165, 1.54) is 0 Å². The summed E-state index contributed by atoms with van der Waals surface area (Å²) < 4.78 is 0. The topological polar surface area (TPSA) is 157 Å². The van der Waals surface area contributed by atoms with Crippen LogP contribution in [0.15, 0.2) is 36.4 Å². The number of rotatable bonds is 6. The molecule has 0 fully saturated rings. The number of aliphatic hydroxyl groups is 1. The molecule has 0 radical (unpaired) electrons. The molecule has 1 aromatic carbocycles. The summed E-state index contributed by atoms with van der Waals surface area (Å²) >= 11 is 0. The number of carbonyl (C=O) groups excluding carboxylic acids is 3. The zero-order chi connectivity index (χ0) is 26.1. The second kappa shape index (κ2) is 12.8. The summed E-state index contributed by atoms with van der Waals surface area (Å²) in [6.45, 7) is 5.73. The lowest BCUT2D eigenvalue weighted by Crippen LogP contribution is -2.56. The van der Waals surface area contributed by atoms with Crippen molar-refractivity contribution >= 4 is 29.5 Å². The SMILES string of the molecule is CC(C)[C@H]1NC(=O)[C@H](Cc2ccccc2)Nc2cc(nc(NCCO)n2)CCNC(=O)[C@H](C)NC1=O. The van der Waals surface area contributed by atoms with Gasteiger partial charge in [0.25, 0.3) is 0 Å². The predicted molar refractivity (Wildman–Crippen MR) is 136 cm³/mol. The highest BCUT2D eigenvalue weighted by atomic mass is 16.3. The van der Waals surface area contributed by atoms with Crippen molar-refractivity contribution in [3.63, 3.8) is 0 Å². The van der Waals surface area contributed by atoms with Crippen LogP contribution in [-0.2, 0) is 27.2 Å². The van der Waals surface area contributed by atoms with Crippen LogP contribution in [-0.4, -0.2) is 70.6 Å². The summed E-state index contributed by atoms with van der Waals surface area (Å²) in [7, 11) is 0. The van der Waals surface area contributed by atoms with Crippen LogP contribution in [0.3, 0.4) is 0 Å². The molecule has 0 spiro atoms. The minimum Gasteiger partial charge on any atom is -0.395 e. The van der Waals surface area contributed by atoms with Crippen molar-refractivity contribution in [3.05, 3.63) is 47.7 Å². The van der Waals surface area contributed by atoms with Crippen LogP contribution < -0.4 is 26.6 Å². The third kappa shape index (κ3) is 7.64. The summed E-state index contributed by atoms with van der Waals surface area (Å²) in [4.78, 5) is 47.9. The van der Waals surface area contributed by atoms with Gasteiger partial charge in [0, 0.05) is 37.7 Å². The Labute approximate surface area is 210 Å². The summed E-state index contributed by atoms with van der Waals surface area (Å²) in [5.74, 6) is -0.632. The van der Waals surface area contributed by atoms with E-state index in [0.717, 1.165) is 5.56 Å². The fourth-order valence-corrected chi connectivity index (χ4v) is 3.81. The van der Waals surface area contributed by atoms with Gasteiger partial charge in [0.15, 0.2) is 0 Å².